The average molecular weight is 234 g/mol. The molecular weight excluding hydrogens is 220 g/mol. The Labute approximate surface area is 98.4 Å². The summed E-state index contributed by atoms with van der Waals surface area (Å²) in [5, 5.41) is 9.82. The molecule has 1 aromatic heterocycles. The van der Waals surface area contributed by atoms with Crippen LogP contribution >= 0.6 is 0 Å². The van der Waals surface area contributed by atoms with Gasteiger partial charge in [0, 0.05) is 25.2 Å². The van der Waals surface area contributed by atoms with Gasteiger partial charge in [0.15, 0.2) is 5.69 Å². The van der Waals surface area contributed by atoms with Crippen LogP contribution in [0.1, 0.15) is 40.2 Å². The highest BCUT2D eigenvalue weighted by atomic mass is 16.2. The van der Waals surface area contributed by atoms with E-state index >= 15 is 0 Å². The minimum atomic E-state index is -0.180. The molecule has 0 unspecified atom stereocenters. The van der Waals surface area contributed by atoms with Gasteiger partial charge in [0.1, 0.15) is 5.69 Å². The predicted octanol–water partition coefficient (Wildman–Crippen LogP) is -0.0912. The van der Waals surface area contributed by atoms with Crippen LogP contribution in [-0.2, 0) is 6.54 Å². The van der Waals surface area contributed by atoms with Crippen LogP contribution in [0.5, 0.6) is 0 Å². The second kappa shape index (κ2) is 3.87. The molecule has 0 spiro atoms. The molecule has 0 atom stereocenters. The van der Waals surface area contributed by atoms with Gasteiger partial charge in [0.25, 0.3) is 11.8 Å². The molecule has 1 aliphatic heterocycles. The number of amides is 2. The molecule has 3 rings (SSSR count). The summed E-state index contributed by atoms with van der Waals surface area (Å²) in [7, 11) is 0. The van der Waals surface area contributed by atoms with Crippen molar-refractivity contribution in [2.24, 2.45) is 0 Å². The third-order valence-electron chi connectivity index (χ3n) is 2.99. The van der Waals surface area contributed by atoms with Gasteiger partial charge in [-0.1, -0.05) is 0 Å². The van der Waals surface area contributed by atoms with E-state index in [4.69, 9.17) is 0 Å². The first-order valence-corrected chi connectivity index (χ1v) is 5.91. The molecule has 1 saturated carbocycles. The molecule has 1 fully saturated rings. The van der Waals surface area contributed by atoms with Crippen molar-refractivity contribution in [3.05, 3.63) is 17.5 Å². The fourth-order valence-corrected chi connectivity index (χ4v) is 1.89. The number of rotatable bonds is 2. The Kier molecular flexibility index (Phi) is 2.35. The topological polar surface area (TPSA) is 76.0 Å². The fraction of sp³-hybridized carbons (Fsp3) is 0.545. The van der Waals surface area contributed by atoms with Crippen molar-refractivity contribution in [2.45, 2.75) is 31.8 Å². The van der Waals surface area contributed by atoms with Crippen LogP contribution in [0.15, 0.2) is 6.07 Å². The number of carbonyl (C=O) groups is 2. The summed E-state index contributed by atoms with van der Waals surface area (Å²) in [5.74, 6) is -0.332. The summed E-state index contributed by atoms with van der Waals surface area (Å²) in [6.07, 6.45) is 2.92. The van der Waals surface area contributed by atoms with Crippen LogP contribution in [0.25, 0.3) is 0 Å². The average Bonchev–Trinajstić information content (AvgIpc) is 3.04. The molecule has 0 bridgehead atoms. The number of nitrogens with zero attached hydrogens (tertiary/aromatic N) is 2. The molecule has 2 aliphatic rings. The Morgan fingerprint density at radius 2 is 2.35 bits per heavy atom. The highest BCUT2D eigenvalue weighted by molar-refractivity contribution is 5.98. The molecular formula is C11H14N4O2. The molecule has 1 aliphatic carbocycles. The number of hydrogen-bond donors (Lipinski definition) is 2. The van der Waals surface area contributed by atoms with E-state index in [0.717, 1.165) is 19.3 Å². The monoisotopic (exact) mass is 234 g/mol. The lowest BCUT2D eigenvalue weighted by molar-refractivity contribution is 0.0940. The summed E-state index contributed by atoms with van der Waals surface area (Å²) in [6, 6.07) is 1.87. The van der Waals surface area contributed by atoms with E-state index in [1.54, 1.807) is 10.7 Å². The predicted molar refractivity (Wildman–Crippen MR) is 59.7 cm³/mol. The minimum absolute atomic E-state index is 0.152. The lowest BCUT2D eigenvalue weighted by Crippen LogP contribution is -2.26. The fourth-order valence-electron chi connectivity index (χ4n) is 1.89. The molecule has 0 saturated heterocycles. The highest BCUT2D eigenvalue weighted by Gasteiger charge is 2.26. The smallest absolute Gasteiger partial charge is 0.272 e. The zero-order valence-corrected chi connectivity index (χ0v) is 9.40. The molecule has 2 N–H and O–H groups in total. The van der Waals surface area contributed by atoms with Crippen molar-refractivity contribution >= 4 is 11.8 Å². The molecule has 0 radical (unpaired) electrons. The molecule has 6 nitrogen and oxygen atoms in total. The van der Waals surface area contributed by atoms with Gasteiger partial charge < -0.3 is 10.6 Å². The third-order valence-corrected chi connectivity index (χ3v) is 2.99. The van der Waals surface area contributed by atoms with Gasteiger partial charge >= 0.3 is 0 Å². The molecule has 0 aromatic carbocycles. The van der Waals surface area contributed by atoms with E-state index in [1.807, 2.05) is 0 Å². The first-order chi connectivity index (χ1) is 8.24. The van der Waals surface area contributed by atoms with Crippen LogP contribution < -0.4 is 10.6 Å². The highest BCUT2D eigenvalue weighted by Crippen LogP contribution is 2.19. The maximum Gasteiger partial charge on any atom is 0.272 e. The van der Waals surface area contributed by atoms with E-state index in [9.17, 15) is 9.59 Å². The van der Waals surface area contributed by atoms with Crippen molar-refractivity contribution in [2.75, 3.05) is 6.54 Å². The van der Waals surface area contributed by atoms with Crippen LogP contribution in [0.2, 0.25) is 0 Å². The third kappa shape index (κ3) is 2.02. The number of fused-ring (bicyclic) bond motifs is 1. The van der Waals surface area contributed by atoms with Crippen molar-refractivity contribution in [3.8, 4) is 0 Å². The summed E-state index contributed by atoms with van der Waals surface area (Å²) < 4.78 is 1.62. The van der Waals surface area contributed by atoms with Crippen molar-refractivity contribution in [3.63, 3.8) is 0 Å². The van der Waals surface area contributed by atoms with E-state index in [-0.39, 0.29) is 11.8 Å². The lowest BCUT2D eigenvalue weighted by atomic mass is 10.3. The number of aryl methyl sites for hydroxylation is 1. The van der Waals surface area contributed by atoms with Gasteiger partial charge in [-0.3, -0.25) is 14.3 Å². The summed E-state index contributed by atoms with van der Waals surface area (Å²) in [6.45, 7) is 1.33. The number of carbonyl (C=O) groups excluding carboxylic acids is 2. The number of aromatic nitrogens is 2. The Hall–Kier alpha value is -1.85. The van der Waals surface area contributed by atoms with E-state index < -0.39 is 0 Å². The standard InChI is InChI=1S/C11H14N4O2/c16-10(13-7-2-3-7)8-6-9-11(17)12-4-1-5-15(9)14-8/h6-7H,1-5H2,(H,12,17)(H,13,16). The summed E-state index contributed by atoms with van der Waals surface area (Å²) in [4.78, 5) is 23.5. The minimum Gasteiger partial charge on any atom is -0.351 e. The SMILES string of the molecule is O=C(NC1CC1)c1cc2n(n1)CCCNC2=O. The zero-order chi connectivity index (χ0) is 11.8. The molecule has 2 heterocycles. The lowest BCUT2D eigenvalue weighted by Gasteiger charge is -1.99. The zero-order valence-electron chi connectivity index (χ0n) is 9.40. The van der Waals surface area contributed by atoms with Gasteiger partial charge in [0.05, 0.1) is 0 Å². The molecule has 1 aromatic rings. The van der Waals surface area contributed by atoms with Crippen LogP contribution in [-0.4, -0.2) is 34.2 Å². The Morgan fingerprint density at radius 1 is 1.53 bits per heavy atom. The molecule has 6 heteroatoms. The van der Waals surface area contributed by atoms with Gasteiger partial charge in [-0.15, -0.1) is 0 Å². The normalized spacial score (nSPS) is 19.2. The summed E-state index contributed by atoms with van der Waals surface area (Å²) in [5.41, 5.74) is 0.812. The Bertz CT molecular complexity index is 476. The van der Waals surface area contributed by atoms with Crippen molar-refractivity contribution in [1.82, 2.24) is 20.4 Å². The van der Waals surface area contributed by atoms with Crippen LogP contribution in [0, 0.1) is 0 Å². The van der Waals surface area contributed by atoms with Gasteiger partial charge in [0.2, 0.25) is 0 Å². The van der Waals surface area contributed by atoms with Gasteiger partial charge in [-0.2, -0.15) is 5.10 Å². The molecule has 2 amide bonds. The quantitative estimate of drug-likeness (QED) is 0.750. The van der Waals surface area contributed by atoms with E-state index in [1.165, 1.54) is 0 Å². The van der Waals surface area contributed by atoms with Crippen LogP contribution in [0.4, 0.5) is 0 Å². The van der Waals surface area contributed by atoms with Gasteiger partial charge in [-0.25, -0.2) is 0 Å². The van der Waals surface area contributed by atoms with E-state index in [0.29, 0.717) is 30.5 Å². The summed E-state index contributed by atoms with van der Waals surface area (Å²) >= 11 is 0. The maximum atomic E-state index is 11.8. The maximum absolute atomic E-state index is 11.8. The first-order valence-electron chi connectivity index (χ1n) is 5.91. The molecule has 17 heavy (non-hydrogen) atoms. The van der Waals surface area contributed by atoms with Gasteiger partial charge in [-0.05, 0) is 19.3 Å². The Balaban J connectivity index is 1.84. The number of nitrogens with one attached hydrogen (secondary N) is 2. The van der Waals surface area contributed by atoms with Crippen molar-refractivity contribution in [1.29, 1.82) is 0 Å². The number of hydrogen-bond acceptors (Lipinski definition) is 3. The second-order valence-electron chi connectivity index (χ2n) is 4.50. The second-order valence-corrected chi connectivity index (χ2v) is 4.50. The largest absolute Gasteiger partial charge is 0.351 e. The van der Waals surface area contributed by atoms with Crippen LogP contribution in [0.3, 0.4) is 0 Å². The molecule has 90 valence electrons. The van der Waals surface area contributed by atoms with Crippen molar-refractivity contribution < 1.29 is 9.59 Å². The Morgan fingerprint density at radius 3 is 3.12 bits per heavy atom. The first kappa shape index (κ1) is 10.3. The van der Waals surface area contributed by atoms with E-state index in [2.05, 4.69) is 15.7 Å².